The lowest BCUT2D eigenvalue weighted by molar-refractivity contribution is -0.255. The predicted octanol–water partition coefficient (Wildman–Crippen LogP) is 6.27. The van der Waals surface area contributed by atoms with E-state index in [9.17, 15) is 0 Å². The van der Waals surface area contributed by atoms with E-state index in [-0.39, 0.29) is 11.2 Å². The number of ether oxygens (including phenoxy) is 2. The van der Waals surface area contributed by atoms with Gasteiger partial charge < -0.3 is 9.47 Å². The average molecular weight is 385 g/mol. The van der Waals surface area contributed by atoms with Crippen LogP contribution in [0.1, 0.15) is 103 Å². The summed E-state index contributed by atoms with van der Waals surface area (Å²) in [4.78, 5) is 0. The van der Waals surface area contributed by atoms with Crippen LogP contribution in [0.5, 0.6) is 0 Å². The van der Waals surface area contributed by atoms with E-state index in [0.717, 1.165) is 35.5 Å². The molecule has 8 bridgehead atoms. The van der Waals surface area contributed by atoms with Crippen molar-refractivity contribution in [3.05, 3.63) is 0 Å². The molecule has 0 aromatic rings. The van der Waals surface area contributed by atoms with Crippen LogP contribution in [0, 0.1) is 35.5 Å². The van der Waals surface area contributed by atoms with Crippen molar-refractivity contribution < 1.29 is 9.47 Å². The Bertz CT molecular complexity index is 499. The van der Waals surface area contributed by atoms with Crippen LogP contribution in [0.2, 0.25) is 0 Å². The Kier molecular flexibility index (Phi) is 3.91. The van der Waals surface area contributed by atoms with E-state index in [0.29, 0.717) is 12.2 Å². The predicted molar refractivity (Wildman–Crippen MR) is 110 cm³/mol. The molecule has 9 saturated carbocycles. The zero-order valence-electron chi connectivity index (χ0n) is 17.7. The second-order valence-corrected chi connectivity index (χ2v) is 12.8. The van der Waals surface area contributed by atoms with Gasteiger partial charge >= 0.3 is 0 Å². The molecule has 9 aliphatic rings. The number of hydrogen-bond acceptors (Lipinski definition) is 2. The second-order valence-electron chi connectivity index (χ2n) is 12.8. The van der Waals surface area contributed by atoms with Crippen molar-refractivity contribution >= 4 is 0 Å². The van der Waals surface area contributed by atoms with E-state index in [4.69, 9.17) is 9.47 Å². The standard InChI is InChI=1S/C26H40O2/c1-2-4-24(28-26-14-20-8-21(15-26)10-22(9-20)16-26)23(3-1)27-25-11-17-5-18(12-25)7-19(6-17)13-25/h17-24H,1-16H2. The average Bonchev–Trinajstić information content (AvgIpc) is 2.60. The smallest absolute Gasteiger partial charge is 0.0844 e. The molecule has 156 valence electrons. The number of rotatable bonds is 4. The van der Waals surface area contributed by atoms with Gasteiger partial charge in [-0.1, -0.05) is 12.8 Å². The van der Waals surface area contributed by atoms with Gasteiger partial charge in [0.15, 0.2) is 0 Å². The van der Waals surface area contributed by atoms with Crippen molar-refractivity contribution in [2.75, 3.05) is 0 Å². The van der Waals surface area contributed by atoms with Gasteiger partial charge in [0.25, 0.3) is 0 Å². The third-order valence-electron chi connectivity index (χ3n) is 10.4. The van der Waals surface area contributed by atoms with Crippen LogP contribution >= 0.6 is 0 Å². The lowest BCUT2D eigenvalue weighted by Crippen LogP contribution is -2.57. The maximum atomic E-state index is 7.19. The van der Waals surface area contributed by atoms with Crippen LogP contribution in [0.25, 0.3) is 0 Å². The van der Waals surface area contributed by atoms with Crippen LogP contribution in [-0.2, 0) is 9.47 Å². The fourth-order valence-electron chi connectivity index (χ4n) is 10.3. The van der Waals surface area contributed by atoms with Crippen molar-refractivity contribution in [3.8, 4) is 0 Å². The largest absolute Gasteiger partial charge is 0.369 e. The van der Waals surface area contributed by atoms with E-state index in [1.807, 2.05) is 0 Å². The highest BCUT2D eigenvalue weighted by Crippen LogP contribution is 2.59. The molecule has 2 atom stereocenters. The summed E-state index contributed by atoms with van der Waals surface area (Å²) < 4.78 is 14.4. The zero-order valence-corrected chi connectivity index (χ0v) is 17.7. The Hall–Kier alpha value is -0.0800. The molecule has 0 aromatic carbocycles. The summed E-state index contributed by atoms with van der Waals surface area (Å²) in [5, 5.41) is 0. The molecular formula is C26H40O2. The third kappa shape index (κ3) is 2.87. The highest BCUT2D eigenvalue weighted by molar-refractivity contribution is 5.06. The first-order valence-electron chi connectivity index (χ1n) is 13.0. The summed E-state index contributed by atoms with van der Waals surface area (Å²) in [6, 6.07) is 0. The molecule has 2 heteroatoms. The lowest BCUT2D eigenvalue weighted by atomic mass is 9.54. The third-order valence-corrected chi connectivity index (χ3v) is 10.4. The summed E-state index contributed by atoms with van der Waals surface area (Å²) in [5.74, 6) is 5.90. The Morgan fingerprint density at radius 2 is 0.714 bits per heavy atom. The van der Waals surface area contributed by atoms with Crippen molar-refractivity contribution in [2.24, 2.45) is 35.5 Å². The van der Waals surface area contributed by atoms with Crippen molar-refractivity contribution in [3.63, 3.8) is 0 Å². The van der Waals surface area contributed by atoms with Gasteiger partial charge in [0.1, 0.15) is 0 Å². The molecule has 2 nitrogen and oxygen atoms in total. The Morgan fingerprint density at radius 3 is 1.00 bits per heavy atom. The van der Waals surface area contributed by atoms with E-state index in [1.54, 1.807) is 0 Å². The quantitative estimate of drug-likeness (QED) is 0.569. The van der Waals surface area contributed by atoms with Crippen molar-refractivity contribution in [1.29, 1.82) is 0 Å². The first-order chi connectivity index (χ1) is 13.6. The second kappa shape index (κ2) is 6.22. The first kappa shape index (κ1) is 17.6. The highest BCUT2D eigenvalue weighted by atomic mass is 16.6. The molecule has 28 heavy (non-hydrogen) atoms. The fourth-order valence-corrected chi connectivity index (χ4v) is 10.3. The van der Waals surface area contributed by atoms with Gasteiger partial charge in [0, 0.05) is 0 Å². The molecule has 9 rings (SSSR count). The fraction of sp³-hybridized carbons (Fsp3) is 1.00. The maximum Gasteiger partial charge on any atom is 0.0844 e. The van der Waals surface area contributed by atoms with Crippen LogP contribution in [0.3, 0.4) is 0 Å². The molecule has 0 spiro atoms. The van der Waals surface area contributed by atoms with Gasteiger partial charge in [0.2, 0.25) is 0 Å². The Morgan fingerprint density at radius 1 is 0.429 bits per heavy atom. The zero-order chi connectivity index (χ0) is 18.3. The molecule has 0 heterocycles. The molecule has 9 fully saturated rings. The minimum atomic E-state index is 0.250. The monoisotopic (exact) mass is 384 g/mol. The molecular weight excluding hydrogens is 344 g/mol. The SMILES string of the molecule is C1CCC(OC23CC4CC(CC(C4)C2)C3)C(OC23CC4CC(CC(C4)C2)C3)C1. The topological polar surface area (TPSA) is 18.5 Å². The molecule has 0 saturated heterocycles. The Balaban J connectivity index is 1.10. The molecule has 0 aromatic heterocycles. The van der Waals surface area contributed by atoms with E-state index >= 15 is 0 Å². The first-order valence-corrected chi connectivity index (χ1v) is 13.0. The molecule has 0 radical (unpaired) electrons. The van der Waals surface area contributed by atoms with Gasteiger partial charge in [-0.05, 0) is 125 Å². The summed E-state index contributed by atoms with van der Waals surface area (Å²) in [7, 11) is 0. The molecule has 0 N–H and O–H groups in total. The van der Waals surface area contributed by atoms with Gasteiger partial charge in [-0.2, -0.15) is 0 Å². The molecule has 2 unspecified atom stereocenters. The molecule has 0 aliphatic heterocycles. The van der Waals surface area contributed by atoms with E-state index in [1.165, 1.54) is 103 Å². The van der Waals surface area contributed by atoms with Gasteiger partial charge in [0.05, 0.1) is 23.4 Å². The summed E-state index contributed by atoms with van der Waals surface area (Å²) in [5.41, 5.74) is 0.500. The number of hydrogen-bond donors (Lipinski definition) is 0. The summed E-state index contributed by atoms with van der Waals surface area (Å²) >= 11 is 0. The van der Waals surface area contributed by atoms with Crippen LogP contribution in [0.15, 0.2) is 0 Å². The van der Waals surface area contributed by atoms with Crippen molar-refractivity contribution in [1.82, 2.24) is 0 Å². The summed E-state index contributed by atoms with van der Waals surface area (Å²) in [6.45, 7) is 0. The molecule has 9 aliphatic carbocycles. The van der Waals surface area contributed by atoms with Crippen LogP contribution in [-0.4, -0.2) is 23.4 Å². The van der Waals surface area contributed by atoms with Gasteiger partial charge in [-0.15, -0.1) is 0 Å². The minimum Gasteiger partial charge on any atom is -0.369 e. The van der Waals surface area contributed by atoms with E-state index < -0.39 is 0 Å². The van der Waals surface area contributed by atoms with Gasteiger partial charge in [-0.3, -0.25) is 0 Å². The lowest BCUT2D eigenvalue weighted by Gasteiger charge is -2.59. The summed E-state index contributed by atoms with van der Waals surface area (Å²) in [6.07, 6.45) is 23.4. The van der Waals surface area contributed by atoms with Crippen molar-refractivity contribution in [2.45, 2.75) is 126 Å². The van der Waals surface area contributed by atoms with E-state index in [2.05, 4.69) is 0 Å². The van der Waals surface area contributed by atoms with Crippen LogP contribution in [0.4, 0.5) is 0 Å². The Labute approximate surface area is 171 Å². The normalized spacial score (nSPS) is 59.1. The van der Waals surface area contributed by atoms with Gasteiger partial charge in [-0.25, -0.2) is 0 Å². The molecule has 0 amide bonds. The minimum absolute atomic E-state index is 0.250. The highest BCUT2D eigenvalue weighted by Gasteiger charge is 2.55. The maximum absolute atomic E-state index is 7.19. The van der Waals surface area contributed by atoms with Crippen LogP contribution < -0.4 is 0 Å².